The summed E-state index contributed by atoms with van der Waals surface area (Å²) in [5.41, 5.74) is -0.625. The van der Waals surface area contributed by atoms with E-state index in [1.54, 1.807) is 27.7 Å². The molecule has 0 bridgehead atoms. The topological polar surface area (TPSA) is 94.2 Å². The molecule has 8 heteroatoms. The van der Waals surface area contributed by atoms with E-state index in [4.69, 9.17) is 14.2 Å². The highest BCUT2D eigenvalue weighted by molar-refractivity contribution is 5.77. The summed E-state index contributed by atoms with van der Waals surface area (Å²) >= 11 is 0. The van der Waals surface area contributed by atoms with Gasteiger partial charge in [0.1, 0.15) is 12.2 Å². The van der Waals surface area contributed by atoms with Crippen LogP contribution in [0.25, 0.3) is 0 Å². The number of alkyl carbamates (subject to hydrolysis) is 1. The highest BCUT2D eigenvalue weighted by Crippen LogP contribution is 2.21. The van der Waals surface area contributed by atoms with E-state index >= 15 is 0 Å². The first-order valence-corrected chi connectivity index (χ1v) is 8.36. The number of amides is 2. The number of carbonyl (C=O) groups excluding carboxylic acids is 3. The fourth-order valence-electron chi connectivity index (χ4n) is 2.43. The van der Waals surface area contributed by atoms with Crippen LogP contribution in [0.15, 0.2) is 12.7 Å². The van der Waals surface area contributed by atoms with E-state index in [0.29, 0.717) is 13.0 Å². The molecule has 1 rings (SSSR count). The number of esters is 1. The van der Waals surface area contributed by atoms with Crippen LogP contribution in [0, 0.1) is 5.92 Å². The van der Waals surface area contributed by atoms with Gasteiger partial charge in [-0.25, -0.2) is 9.59 Å². The third-order valence-electron chi connectivity index (χ3n) is 3.49. The third-order valence-corrected chi connectivity index (χ3v) is 3.49. The van der Waals surface area contributed by atoms with Gasteiger partial charge in [-0.1, -0.05) is 12.7 Å². The van der Waals surface area contributed by atoms with Crippen molar-refractivity contribution in [3.63, 3.8) is 0 Å². The Labute approximate surface area is 148 Å². The Morgan fingerprint density at radius 1 is 1.28 bits per heavy atom. The zero-order chi connectivity index (χ0) is 19.0. The quantitative estimate of drug-likeness (QED) is 0.460. The minimum absolute atomic E-state index is 0.0761. The van der Waals surface area contributed by atoms with Crippen molar-refractivity contribution in [3.05, 3.63) is 12.7 Å². The molecule has 0 aliphatic carbocycles. The van der Waals surface area contributed by atoms with Crippen LogP contribution in [0.5, 0.6) is 0 Å². The van der Waals surface area contributed by atoms with Crippen LogP contribution in [0.4, 0.5) is 9.59 Å². The fraction of sp³-hybridized carbons (Fsp3) is 0.706. The smallest absolute Gasteiger partial charge is 0.410 e. The van der Waals surface area contributed by atoms with Gasteiger partial charge in [0.2, 0.25) is 0 Å². The summed E-state index contributed by atoms with van der Waals surface area (Å²) in [4.78, 5) is 37.7. The standard InChI is InChI=1S/C17H28N2O6/c1-6-10-24-15(21)18-13-8-9-19(16(22)25-17(3,4)5)11-12(13)14(20)23-7-2/h6,12-13H,1,7-11H2,2-5H3,(H,18,21)/t12-,13-/m1/s1. The summed E-state index contributed by atoms with van der Waals surface area (Å²) in [7, 11) is 0. The molecule has 0 saturated carbocycles. The summed E-state index contributed by atoms with van der Waals surface area (Å²) in [6.45, 7) is 11.3. The van der Waals surface area contributed by atoms with Gasteiger partial charge in [0, 0.05) is 19.1 Å². The number of hydrogen-bond donors (Lipinski definition) is 1. The van der Waals surface area contributed by atoms with Gasteiger partial charge >= 0.3 is 18.2 Å². The molecule has 0 aromatic heterocycles. The highest BCUT2D eigenvalue weighted by Gasteiger charge is 2.39. The molecule has 0 unspecified atom stereocenters. The maximum Gasteiger partial charge on any atom is 0.410 e. The van der Waals surface area contributed by atoms with Crippen molar-refractivity contribution in [2.24, 2.45) is 5.92 Å². The van der Waals surface area contributed by atoms with Gasteiger partial charge in [0.25, 0.3) is 0 Å². The van der Waals surface area contributed by atoms with Crippen molar-refractivity contribution >= 4 is 18.2 Å². The summed E-state index contributed by atoms with van der Waals surface area (Å²) in [6, 6.07) is -0.477. The predicted molar refractivity (Wildman–Crippen MR) is 91.0 cm³/mol. The van der Waals surface area contributed by atoms with Gasteiger partial charge in [-0.3, -0.25) is 4.79 Å². The average Bonchev–Trinajstić information content (AvgIpc) is 2.51. The maximum atomic E-state index is 12.2. The van der Waals surface area contributed by atoms with Gasteiger partial charge in [0.15, 0.2) is 0 Å². The van der Waals surface area contributed by atoms with Gasteiger partial charge in [-0.15, -0.1) is 0 Å². The largest absolute Gasteiger partial charge is 0.466 e. The number of nitrogens with zero attached hydrogens (tertiary/aromatic N) is 1. The van der Waals surface area contributed by atoms with Gasteiger partial charge < -0.3 is 24.4 Å². The lowest BCUT2D eigenvalue weighted by atomic mass is 9.92. The molecule has 0 aromatic carbocycles. The molecular weight excluding hydrogens is 328 g/mol. The molecule has 1 heterocycles. The molecule has 0 spiro atoms. The van der Waals surface area contributed by atoms with Crippen molar-refractivity contribution in [1.29, 1.82) is 0 Å². The van der Waals surface area contributed by atoms with Crippen LogP contribution in [-0.4, -0.2) is 61.0 Å². The monoisotopic (exact) mass is 356 g/mol. The molecule has 1 fully saturated rings. The zero-order valence-corrected chi connectivity index (χ0v) is 15.4. The zero-order valence-electron chi connectivity index (χ0n) is 15.4. The van der Waals surface area contributed by atoms with Crippen molar-refractivity contribution in [2.75, 3.05) is 26.3 Å². The van der Waals surface area contributed by atoms with Crippen LogP contribution in [0.1, 0.15) is 34.1 Å². The Hall–Kier alpha value is -2.25. The van der Waals surface area contributed by atoms with E-state index in [2.05, 4.69) is 11.9 Å². The van der Waals surface area contributed by atoms with Crippen molar-refractivity contribution < 1.29 is 28.6 Å². The molecule has 1 aliphatic heterocycles. The minimum atomic E-state index is -0.683. The second-order valence-electron chi connectivity index (χ2n) is 6.71. The van der Waals surface area contributed by atoms with Gasteiger partial charge in [0.05, 0.1) is 12.5 Å². The number of ether oxygens (including phenoxy) is 3. The van der Waals surface area contributed by atoms with E-state index in [-0.39, 0.29) is 19.8 Å². The molecular formula is C17H28N2O6. The minimum Gasteiger partial charge on any atom is -0.466 e. The first kappa shape index (κ1) is 20.8. The summed E-state index contributed by atoms with van der Waals surface area (Å²) in [5, 5.41) is 2.66. The van der Waals surface area contributed by atoms with Gasteiger partial charge in [-0.05, 0) is 34.1 Å². The number of hydrogen-bond acceptors (Lipinski definition) is 6. The Morgan fingerprint density at radius 2 is 1.96 bits per heavy atom. The second kappa shape index (κ2) is 9.29. The third kappa shape index (κ3) is 7.03. The van der Waals surface area contributed by atoms with Crippen LogP contribution in [0.3, 0.4) is 0 Å². The maximum absolute atomic E-state index is 12.2. The van der Waals surface area contributed by atoms with E-state index in [1.807, 2.05) is 0 Å². The molecule has 2 atom stereocenters. The van der Waals surface area contributed by atoms with Crippen LogP contribution in [-0.2, 0) is 19.0 Å². The molecule has 25 heavy (non-hydrogen) atoms. The summed E-state index contributed by atoms with van der Waals surface area (Å²) < 4.78 is 15.3. The Bertz CT molecular complexity index is 500. The van der Waals surface area contributed by atoms with Crippen LogP contribution >= 0.6 is 0 Å². The predicted octanol–water partition coefficient (Wildman–Crippen LogP) is 2.09. The van der Waals surface area contributed by atoms with Gasteiger partial charge in [-0.2, -0.15) is 0 Å². The molecule has 8 nitrogen and oxygen atoms in total. The SMILES string of the molecule is C=CCOC(=O)N[C@@H]1CCN(C(=O)OC(C)(C)C)C[C@H]1C(=O)OCC. The molecule has 0 aromatic rings. The number of nitrogens with one attached hydrogen (secondary N) is 1. The highest BCUT2D eigenvalue weighted by atomic mass is 16.6. The average molecular weight is 356 g/mol. The number of carbonyl (C=O) groups is 3. The van der Waals surface area contributed by atoms with Crippen molar-refractivity contribution in [2.45, 2.75) is 45.8 Å². The molecule has 1 aliphatic rings. The van der Waals surface area contributed by atoms with Crippen LogP contribution < -0.4 is 5.32 Å². The first-order chi connectivity index (χ1) is 11.7. The Kier molecular flexibility index (Phi) is 7.73. The number of rotatable bonds is 5. The molecule has 0 radical (unpaired) electrons. The molecule has 2 amide bonds. The van der Waals surface area contributed by atoms with E-state index in [0.717, 1.165) is 0 Å². The molecule has 1 N–H and O–H groups in total. The van der Waals surface area contributed by atoms with E-state index in [1.165, 1.54) is 11.0 Å². The Balaban J connectivity index is 2.77. The summed E-state index contributed by atoms with van der Waals surface area (Å²) in [5.74, 6) is -1.15. The lowest BCUT2D eigenvalue weighted by Crippen LogP contribution is -2.55. The Morgan fingerprint density at radius 3 is 2.52 bits per heavy atom. The normalized spacial score (nSPS) is 20.4. The summed E-state index contributed by atoms with van der Waals surface area (Å²) in [6.07, 6.45) is 0.721. The first-order valence-electron chi connectivity index (χ1n) is 8.36. The second-order valence-corrected chi connectivity index (χ2v) is 6.71. The molecule has 1 saturated heterocycles. The van der Waals surface area contributed by atoms with Crippen molar-refractivity contribution in [1.82, 2.24) is 10.2 Å². The van der Waals surface area contributed by atoms with E-state index in [9.17, 15) is 14.4 Å². The lowest BCUT2D eigenvalue weighted by molar-refractivity contribution is -0.150. The fourth-order valence-corrected chi connectivity index (χ4v) is 2.43. The van der Waals surface area contributed by atoms with Crippen molar-refractivity contribution in [3.8, 4) is 0 Å². The van der Waals surface area contributed by atoms with Crippen LogP contribution in [0.2, 0.25) is 0 Å². The molecule has 142 valence electrons. The lowest BCUT2D eigenvalue weighted by Gasteiger charge is -2.37. The number of piperidine rings is 1. The number of likely N-dealkylation sites (tertiary alicyclic amines) is 1. The van der Waals surface area contributed by atoms with E-state index < -0.39 is 35.7 Å².